The van der Waals surface area contributed by atoms with E-state index < -0.39 is 31.7 Å². The molecule has 0 radical (unpaired) electrons. The predicted octanol–water partition coefficient (Wildman–Crippen LogP) is -0.739. The van der Waals surface area contributed by atoms with Crippen molar-refractivity contribution in [2.45, 2.75) is 0 Å². The van der Waals surface area contributed by atoms with Gasteiger partial charge in [0, 0.05) is 0 Å². The number of nitrogens with zero attached hydrogens (tertiary/aromatic N) is 2. The molecule has 5 N–H and O–H groups in total. The van der Waals surface area contributed by atoms with Crippen LogP contribution in [0, 0.1) is 10.1 Å². The average molecular weight is 289 g/mol. The van der Waals surface area contributed by atoms with Crippen LogP contribution in [-0.2, 0) is 10.4 Å². The van der Waals surface area contributed by atoms with Gasteiger partial charge in [-0.05, 0) is 0 Å². The Kier molecular flexibility index (Phi) is 4.96. The zero-order valence-corrected chi connectivity index (χ0v) is 9.27. The molecule has 0 saturated heterocycles. The predicted molar refractivity (Wildman–Crippen MR) is 55.1 cm³/mol. The van der Waals surface area contributed by atoms with Crippen LogP contribution in [0.25, 0.3) is 0 Å². The zero-order valence-electron chi connectivity index (χ0n) is 7.69. The fourth-order valence-corrected chi connectivity index (χ4v) is 0.860. The lowest BCUT2D eigenvalue weighted by Crippen LogP contribution is -2.15. The number of rotatable bonds is 1. The quantitative estimate of drug-likeness (QED) is 0.223. The molecular formula is C4H5ClN4O7S. The Balaban J connectivity index is 0.000000437. The van der Waals surface area contributed by atoms with E-state index in [4.69, 9.17) is 34.9 Å². The Morgan fingerprint density at radius 2 is 1.88 bits per heavy atom. The zero-order chi connectivity index (χ0) is 13.8. The smallest absolute Gasteiger partial charge is 0.369 e. The second-order valence-corrected chi connectivity index (χ2v) is 3.55. The minimum Gasteiger partial charge on any atom is -0.369 e. The van der Waals surface area contributed by atoms with Crippen LogP contribution < -0.4 is 11.3 Å². The van der Waals surface area contributed by atoms with E-state index in [1.165, 1.54) is 0 Å². The Hall–Kier alpha value is -1.76. The molecule has 0 aromatic carbocycles. The summed E-state index contributed by atoms with van der Waals surface area (Å²) in [6.45, 7) is 0. The first-order valence-electron chi connectivity index (χ1n) is 3.42. The summed E-state index contributed by atoms with van der Waals surface area (Å²) in [5.41, 5.74) is 3.29. The molecule has 1 aromatic heterocycles. The number of aromatic amines is 1. The SMILES string of the molecule is Nc1nc(Cl)c([N+](=O)[O-])c(=O)[nH]1.O=S(=O)(O)O. The number of halogens is 1. The maximum Gasteiger partial charge on any atom is 0.394 e. The number of nitro groups is 1. The first-order chi connectivity index (χ1) is 7.52. The van der Waals surface area contributed by atoms with E-state index in [9.17, 15) is 14.9 Å². The van der Waals surface area contributed by atoms with Crippen molar-refractivity contribution in [3.8, 4) is 0 Å². The number of aromatic nitrogens is 2. The van der Waals surface area contributed by atoms with Crippen LogP contribution in [0.1, 0.15) is 0 Å². The summed E-state index contributed by atoms with van der Waals surface area (Å²) in [5, 5.41) is 9.66. The number of nitrogens with one attached hydrogen (secondary N) is 1. The van der Waals surface area contributed by atoms with Crippen LogP contribution in [0.5, 0.6) is 0 Å². The topological polar surface area (TPSA) is 190 Å². The van der Waals surface area contributed by atoms with Crippen LogP contribution in [0.4, 0.5) is 11.6 Å². The van der Waals surface area contributed by atoms with Crippen molar-refractivity contribution >= 4 is 33.6 Å². The third kappa shape index (κ3) is 6.41. The maximum absolute atomic E-state index is 10.8. The molecule has 1 rings (SSSR count). The van der Waals surface area contributed by atoms with Crippen LogP contribution in [0.15, 0.2) is 4.79 Å². The molecule has 0 aliphatic rings. The van der Waals surface area contributed by atoms with Gasteiger partial charge in [0.05, 0.1) is 4.92 Å². The molecule has 1 heterocycles. The summed E-state index contributed by atoms with van der Waals surface area (Å²) in [7, 11) is -4.67. The second-order valence-electron chi connectivity index (χ2n) is 2.30. The summed E-state index contributed by atoms with van der Waals surface area (Å²) in [6, 6.07) is 0. The lowest BCUT2D eigenvalue weighted by molar-refractivity contribution is -0.386. The first kappa shape index (κ1) is 15.2. The number of hydrogen-bond acceptors (Lipinski definition) is 7. The van der Waals surface area contributed by atoms with Crippen molar-refractivity contribution in [1.82, 2.24) is 9.97 Å². The number of hydrogen-bond donors (Lipinski definition) is 4. The number of anilines is 1. The van der Waals surface area contributed by atoms with E-state index in [0.29, 0.717) is 0 Å². The number of H-pyrrole nitrogens is 1. The molecule has 0 bridgehead atoms. The highest BCUT2D eigenvalue weighted by Gasteiger charge is 2.19. The molecule has 0 unspecified atom stereocenters. The largest absolute Gasteiger partial charge is 0.394 e. The van der Waals surface area contributed by atoms with Gasteiger partial charge in [-0.2, -0.15) is 13.4 Å². The van der Waals surface area contributed by atoms with E-state index in [2.05, 4.69) is 4.98 Å². The molecule has 96 valence electrons. The normalized spacial score (nSPS) is 10.3. The Morgan fingerprint density at radius 3 is 2.18 bits per heavy atom. The Labute approximate surface area is 98.0 Å². The summed E-state index contributed by atoms with van der Waals surface area (Å²) < 4.78 is 31.6. The molecule has 13 heteroatoms. The highest BCUT2D eigenvalue weighted by molar-refractivity contribution is 7.79. The van der Waals surface area contributed by atoms with Gasteiger partial charge in [0.25, 0.3) is 0 Å². The molecule has 11 nitrogen and oxygen atoms in total. The van der Waals surface area contributed by atoms with Gasteiger partial charge < -0.3 is 5.73 Å². The van der Waals surface area contributed by atoms with E-state index >= 15 is 0 Å². The lowest BCUT2D eigenvalue weighted by atomic mass is 10.5. The fourth-order valence-electron chi connectivity index (χ4n) is 0.614. The van der Waals surface area contributed by atoms with Gasteiger partial charge in [-0.1, -0.05) is 11.6 Å². The Bertz CT molecular complexity index is 572. The van der Waals surface area contributed by atoms with E-state index in [0.717, 1.165) is 0 Å². The average Bonchev–Trinajstić information content (AvgIpc) is 1.95. The van der Waals surface area contributed by atoms with E-state index in [1.54, 1.807) is 0 Å². The van der Waals surface area contributed by atoms with Crippen molar-refractivity contribution in [1.29, 1.82) is 0 Å². The molecule has 0 atom stereocenters. The molecule has 17 heavy (non-hydrogen) atoms. The summed E-state index contributed by atoms with van der Waals surface area (Å²) in [4.78, 5) is 25.3. The minimum absolute atomic E-state index is 0.254. The van der Waals surface area contributed by atoms with Gasteiger partial charge in [0.2, 0.25) is 11.1 Å². The van der Waals surface area contributed by atoms with Gasteiger partial charge in [0.15, 0.2) is 0 Å². The third-order valence-corrected chi connectivity index (χ3v) is 1.32. The van der Waals surface area contributed by atoms with E-state index in [1.807, 2.05) is 4.98 Å². The van der Waals surface area contributed by atoms with Crippen molar-refractivity contribution in [2.24, 2.45) is 0 Å². The standard InChI is InChI=1S/C4H3ClN4O3.H2O4S/c5-2-1(9(11)12)3(10)8-4(6)7-2;1-5(2,3)4/h(H3,6,7,8,10);(H2,1,2,3,4). The molecule has 0 fully saturated rings. The monoisotopic (exact) mass is 288 g/mol. The second kappa shape index (κ2) is 5.53. The van der Waals surface area contributed by atoms with Gasteiger partial charge in [-0.25, -0.2) is 0 Å². The van der Waals surface area contributed by atoms with Crippen LogP contribution in [0.2, 0.25) is 5.15 Å². The highest BCUT2D eigenvalue weighted by Crippen LogP contribution is 2.15. The summed E-state index contributed by atoms with van der Waals surface area (Å²) in [6.07, 6.45) is 0. The summed E-state index contributed by atoms with van der Waals surface area (Å²) in [5.74, 6) is -0.254. The number of nitrogens with two attached hydrogens (primary N) is 1. The lowest BCUT2D eigenvalue weighted by Gasteiger charge is -1.93. The van der Waals surface area contributed by atoms with E-state index in [-0.39, 0.29) is 5.95 Å². The molecule has 0 aliphatic heterocycles. The van der Waals surface area contributed by atoms with Crippen LogP contribution in [-0.4, -0.2) is 32.4 Å². The Morgan fingerprint density at radius 1 is 1.47 bits per heavy atom. The minimum atomic E-state index is -4.67. The maximum atomic E-state index is 10.8. The first-order valence-corrected chi connectivity index (χ1v) is 5.19. The number of nitrogen functional groups attached to an aromatic ring is 1. The highest BCUT2D eigenvalue weighted by atomic mass is 35.5. The van der Waals surface area contributed by atoms with Crippen molar-refractivity contribution in [2.75, 3.05) is 5.73 Å². The molecular weight excluding hydrogens is 284 g/mol. The molecule has 0 aliphatic carbocycles. The summed E-state index contributed by atoms with van der Waals surface area (Å²) >= 11 is 5.28. The van der Waals surface area contributed by atoms with Gasteiger partial charge in [0.1, 0.15) is 0 Å². The third-order valence-electron chi connectivity index (χ3n) is 1.05. The van der Waals surface area contributed by atoms with Gasteiger partial charge in [-0.3, -0.25) is 29.0 Å². The molecule has 1 aromatic rings. The van der Waals surface area contributed by atoms with Crippen LogP contribution >= 0.6 is 11.6 Å². The van der Waals surface area contributed by atoms with Gasteiger partial charge in [-0.15, -0.1) is 0 Å². The van der Waals surface area contributed by atoms with Gasteiger partial charge >= 0.3 is 21.6 Å². The molecule has 0 amide bonds. The van der Waals surface area contributed by atoms with Crippen LogP contribution in [0.3, 0.4) is 0 Å². The molecule has 0 saturated carbocycles. The van der Waals surface area contributed by atoms with Crippen molar-refractivity contribution < 1.29 is 22.4 Å². The fraction of sp³-hybridized carbons (Fsp3) is 0. The van der Waals surface area contributed by atoms with Crippen molar-refractivity contribution in [3.63, 3.8) is 0 Å². The van der Waals surface area contributed by atoms with Crippen molar-refractivity contribution in [3.05, 3.63) is 25.6 Å². The molecule has 0 spiro atoms.